The number of unbranched alkanes of at least 4 members (excludes halogenated alkanes) is 2. The van der Waals surface area contributed by atoms with Gasteiger partial charge in [0.1, 0.15) is 35.7 Å². The second-order valence-corrected chi connectivity index (χ2v) is 10.6. The predicted molar refractivity (Wildman–Crippen MR) is 146 cm³/mol. The molecule has 2 heterocycles. The Hall–Kier alpha value is -3.43. The summed E-state index contributed by atoms with van der Waals surface area (Å²) in [7, 11) is 0. The third-order valence-electron chi connectivity index (χ3n) is 7.63. The third-order valence-corrected chi connectivity index (χ3v) is 7.63. The molecule has 0 aromatic heterocycles. The van der Waals surface area contributed by atoms with Crippen LogP contribution in [0.3, 0.4) is 0 Å². The maximum atomic E-state index is 13.8. The van der Waals surface area contributed by atoms with Crippen molar-refractivity contribution in [2.45, 2.75) is 102 Å². The van der Waals surface area contributed by atoms with Crippen LogP contribution in [0.1, 0.15) is 77.7 Å². The predicted octanol–water partition coefficient (Wildman–Crippen LogP) is 2.04. The number of nitrogens with one attached hydrogen (secondary N) is 3. The van der Waals surface area contributed by atoms with Crippen LogP contribution in [0.2, 0.25) is 0 Å². The van der Waals surface area contributed by atoms with Crippen LogP contribution in [0.15, 0.2) is 24.3 Å². The Bertz CT molecular complexity index is 1030. The second-order valence-electron chi connectivity index (χ2n) is 10.6. The Labute approximate surface area is 230 Å². The molecule has 0 radical (unpaired) electrons. The fourth-order valence-corrected chi connectivity index (χ4v) is 4.92. The molecule has 0 spiro atoms. The first-order valence-electron chi connectivity index (χ1n) is 14.1. The Morgan fingerprint density at radius 1 is 1.03 bits per heavy atom. The molecular formula is C29H42N4O6. The maximum Gasteiger partial charge on any atom is 0.246 e. The number of carbonyl (C=O) groups excluding carboxylic acids is 5. The molecule has 0 aliphatic carbocycles. The first kappa shape index (κ1) is 30.1. The lowest BCUT2D eigenvalue weighted by Gasteiger charge is -2.35. The summed E-state index contributed by atoms with van der Waals surface area (Å²) in [6.07, 6.45) is 5.30. The first-order chi connectivity index (χ1) is 18.7. The molecule has 1 aromatic rings. The topological polar surface area (TPSA) is 134 Å². The van der Waals surface area contributed by atoms with Crippen LogP contribution < -0.4 is 20.7 Å². The lowest BCUT2D eigenvalue weighted by Crippen LogP contribution is -2.65. The lowest BCUT2D eigenvalue weighted by molar-refractivity contribution is -0.144. The number of fused-ring (bicyclic) bond motifs is 1. The molecule has 214 valence electrons. The number of rotatable bonds is 11. The maximum absolute atomic E-state index is 13.8. The highest BCUT2D eigenvalue weighted by molar-refractivity contribution is 5.99. The van der Waals surface area contributed by atoms with Gasteiger partial charge in [0.05, 0.1) is 6.61 Å². The van der Waals surface area contributed by atoms with E-state index in [0.29, 0.717) is 32.4 Å². The van der Waals surface area contributed by atoms with E-state index in [9.17, 15) is 24.0 Å². The van der Waals surface area contributed by atoms with Crippen molar-refractivity contribution in [2.24, 2.45) is 0 Å². The van der Waals surface area contributed by atoms with E-state index in [0.717, 1.165) is 30.4 Å². The molecule has 0 unspecified atom stereocenters. The van der Waals surface area contributed by atoms with Gasteiger partial charge in [-0.2, -0.15) is 0 Å². The van der Waals surface area contributed by atoms with Gasteiger partial charge in [0, 0.05) is 19.4 Å². The van der Waals surface area contributed by atoms with E-state index >= 15 is 0 Å². The average molecular weight is 543 g/mol. The summed E-state index contributed by atoms with van der Waals surface area (Å²) in [5.74, 6) is -0.941. The van der Waals surface area contributed by atoms with Crippen LogP contribution >= 0.6 is 0 Å². The minimum atomic E-state index is -1.30. The quantitative estimate of drug-likeness (QED) is 0.289. The van der Waals surface area contributed by atoms with E-state index in [1.807, 2.05) is 24.3 Å². The Morgan fingerprint density at radius 2 is 1.77 bits per heavy atom. The number of hydrogen-bond acceptors (Lipinski definition) is 6. The van der Waals surface area contributed by atoms with Crippen LogP contribution in [-0.4, -0.2) is 71.6 Å². The first-order valence-corrected chi connectivity index (χ1v) is 14.1. The highest BCUT2D eigenvalue weighted by Gasteiger charge is 2.43. The number of aldehydes is 1. The number of hydrogen-bond donors (Lipinski definition) is 3. The van der Waals surface area contributed by atoms with Crippen LogP contribution in [0.25, 0.3) is 0 Å². The third kappa shape index (κ3) is 7.80. The van der Waals surface area contributed by atoms with Crippen molar-refractivity contribution >= 4 is 29.9 Å². The van der Waals surface area contributed by atoms with Crippen LogP contribution in [-0.2, 0) is 30.4 Å². The van der Waals surface area contributed by atoms with E-state index in [2.05, 4.69) is 22.9 Å². The van der Waals surface area contributed by atoms with Gasteiger partial charge in [-0.1, -0.05) is 32.4 Å². The molecular weight excluding hydrogens is 500 g/mol. The zero-order valence-corrected chi connectivity index (χ0v) is 23.3. The fraction of sp³-hybridized carbons (Fsp3) is 0.621. The monoisotopic (exact) mass is 542 g/mol. The molecule has 0 saturated carbocycles. The zero-order chi connectivity index (χ0) is 28.4. The van der Waals surface area contributed by atoms with E-state index in [1.165, 1.54) is 4.90 Å². The van der Waals surface area contributed by atoms with Crippen molar-refractivity contribution in [1.82, 2.24) is 20.9 Å². The van der Waals surface area contributed by atoms with E-state index in [-0.39, 0.29) is 31.6 Å². The van der Waals surface area contributed by atoms with Gasteiger partial charge in [0.15, 0.2) is 0 Å². The summed E-state index contributed by atoms with van der Waals surface area (Å²) in [4.78, 5) is 66.3. The van der Waals surface area contributed by atoms with Gasteiger partial charge in [0.2, 0.25) is 23.6 Å². The van der Waals surface area contributed by atoms with Crippen LogP contribution in [0.4, 0.5) is 0 Å². The minimum absolute atomic E-state index is 0.229. The van der Waals surface area contributed by atoms with E-state index in [4.69, 9.17) is 4.74 Å². The minimum Gasteiger partial charge on any atom is -0.494 e. The molecule has 2 saturated heterocycles. The lowest BCUT2D eigenvalue weighted by atomic mass is 9.94. The van der Waals surface area contributed by atoms with Crippen LogP contribution in [0, 0.1) is 0 Å². The van der Waals surface area contributed by atoms with Gasteiger partial charge in [-0.3, -0.25) is 19.2 Å². The number of carbonyl (C=O) groups is 5. The largest absolute Gasteiger partial charge is 0.494 e. The molecule has 4 atom stereocenters. The molecule has 39 heavy (non-hydrogen) atoms. The molecule has 3 rings (SSSR count). The van der Waals surface area contributed by atoms with Crippen molar-refractivity contribution in [3.8, 4) is 5.75 Å². The molecule has 3 N–H and O–H groups in total. The number of amides is 4. The van der Waals surface area contributed by atoms with Gasteiger partial charge in [-0.25, -0.2) is 0 Å². The SMILES string of the molecule is CCCCOc1ccc(C[C@@H]2NC(=O)[C@](C)(CC)NC(=O)[C@H](CCCC=O)NC(=O)[C@H]3CCCN3C2=O)cc1. The molecule has 2 aliphatic rings. The Morgan fingerprint density at radius 3 is 2.44 bits per heavy atom. The van der Waals surface area contributed by atoms with Gasteiger partial charge >= 0.3 is 0 Å². The van der Waals surface area contributed by atoms with Gasteiger partial charge < -0.3 is 30.4 Å². The number of benzene rings is 1. The molecule has 2 aliphatic heterocycles. The summed E-state index contributed by atoms with van der Waals surface area (Å²) >= 11 is 0. The normalized spacial score (nSPS) is 26.0. The van der Waals surface area contributed by atoms with E-state index < -0.39 is 41.4 Å². The standard InChI is InChI=1S/C29H42N4O6/c1-4-6-18-39-21-14-12-20(13-15-21)19-23-27(37)33-16-9-11-24(33)26(36)30-22(10-7-8-17-34)25(35)32-29(3,5-2)28(38)31-23/h12-15,17,22-24H,4-11,16,18-19H2,1-3H3,(H,30,36)(H,31,38)(H,32,35)/t22-,23-,24+,29-/m0/s1. The summed E-state index contributed by atoms with van der Waals surface area (Å²) in [6.45, 7) is 6.50. The van der Waals surface area contributed by atoms with Crippen LogP contribution in [0.5, 0.6) is 5.75 Å². The molecule has 4 amide bonds. The molecule has 1 aromatic carbocycles. The smallest absolute Gasteiger partial charge is 0.246 e. The van der Waals surface area contributed by atoms with Crippen molar-refractivity contribution in [3.63, 3.8) is 0 Å². The summed E-state index contributed by atoms with van der Waals surface area (Å²) < 4.78 is 5.74. The van der Waals surface area contributed by atoms with Gasteiger partial charge in [-0.05, 0) is 63.1 Å². The van der Waals surface area contributed by atoms with E-state index in [1.54, 1.807) is 13.8 Å². The highest BCUT2D eigenvalue weighted by atomic mass is 16.5. The Balaban J connectivity index is 1.88. The molecule has 10 nitrogen and oxygen atoms in total. The van der Waals surface area contributed by atoms with Crippen molar-refractivity contribution in [1.29, 1.82) is 0 Å². The molecule has 2 fully saturated rings. The highest BCUT2D eigenvalue weighted by Crippen LogP contribution is 2.23. The van der Waals surface area contributed by atoms with Crippen molar-refractivity contribution < 1.29 is 28.7 Å². The van der Waals surface area contributed by atoms with Gasteiger partial charge in [0.25, 0.3) is 0 Å². The van der Waals surface area contributed by atoms with Gasteiger partial charge in [-0.15, -0.1) is 0 Å². The summed E-state index contributed by atoms with van der Waals surface area (Å²) in [5.41, 5.74) is -0.467. The molecule has 10 heteroatoms. The Kier molecular flexibility index (Phi) is 10.9. The summed E-state index contributed by atoms with van der Waals surface area (Å²) in [5, 5.41) is 8.49. The van der Waals surface area contributed by atoms with Crippen molar-refractivity contribution in [3.05, 3.63) is 29.8 Å². The van der Waals surface area contributed by atoms with Crippen molar-refractivity contribution in [2.75, 3.05) is 13.2 Å². The number of ether oxygens (including phenoxy) is 1. The zero-order valence-electron chi connectivity index (χ0n) is 23.3. The fourth-order valence-electron chi connectivity index (χ4n) is 4.92. The molecule has 0 bridgehead atoms. The number of nitrogens with zero attached hydrogens (tertiary/aromatic N) is 1. The average Bonchev–Trinajstić information content (AvgIpc) is 3.42. The second kappa shape index (κ2) is 14.1. The summed E-state index contributed by atoms with van der Waals surface area (Å²) in [6, 6.07) is 4.88.